The Balaban J connectivity index is 0.000000163. The molecule has 2 atom stereocenters. The third-order valence-electron chi connectivity index (χ3n) is 8.76. The predicted octanol–water partition coefficient (Wildman–Crippen LogP) is 5.52. The summed E-state index contributed by atoms with van der Waals surface area (Å²) in [5.74, 6) is -1.98. The summed E-state index contributed by atoms with van der Waals surface area (Å²) in [4.78, 5) is 47.7. The molecule has 2 unspecified atom stereocenters. The topological polar surface area (TPSA) is 96.0 Å². The Morgan fingerprint density at radius 1 is 0.692 bits per heavy atom. The number of carbonyl (C=O) groups excluding carboxylic acids is 4. The lowest BCUT2D eigenvalue weighted by Gasteiger charge is -2.41. The van der Waals surface area contributed by atoms with Gasteiger partial charge in [0.05, 0.1) is 28.6 Å². The van der Waals surface area contributed by atoms with E-state index >= 15 is 0 Å². The zero-order chi connectivity index (χ0) is 28.8. The van der Waals surface area contributed by atoms with Crippen LogP contribution in [0.1, 0.15) is 62.3 Å². The van der Waals surface area contributed by atoms with Gasteiger partial charge in [0.15, 0.2) is 0 Å². The molecular weight excluding hydrogens is 496 g/mol. The van der Waals surface area contributed by atoms with Crippen molar-refractivity contribution < 1.29 is 33.4 Å². The molecule has 0 aromatic carbocycles. The molecule has 7 nitrogen and oxygen atoms in total. The van der Waals surface area contributed by atoms with Crippen molar-refractivity contribution in [3.05, 3.63) is 80.7 Å². The number of ether oxygens (including phenoxy) is 3. The van der Waals surface area contributed by atoms with E-state index in [1.165, 1.54) is 5.57 Å². The van der Waals surface area contributed by atoms with E-state index in [0.29, 0.717) is 22.3 Å². The van der Waals surface area contributed by atoms with Crippen LogP contribution < -0.4 is 0 Å². The van der Waals surface area contributed by atoms with Gasteiger partial charge < -0.3 is 14.2 Å². The first kappa shape index (κ1) is 26.9. The van der Waals surface area contributed by atoms with Gasteiger partial charge in [0.2, 0.25) is 0 Å². The summed E-state index contributed by atoms with van der Waals surface area (Å²) in [6, 6.07) is 0. The van der Waals surface area contributed by atoms with E-state index in [4.69, 9.17) is 14.2 Å². The third kappa shape index (κ3) is 3.77. The van der Waals surface area contributed by atoms with Gasteiger partial charge in [-0.3, -0.25) is 0 Å². The number of carbonyl (C=O) groups is 4. The maximum absolute atomic E-state index is 12.2. The highest BCUT2D eigenvalue weighted by Gasteiger charge is 2.53. The van der Waals surface area contributed by atoms with Crippen molar-refractivity contribution in [2.75, 3.05) is 0 Å². The summed E-state index contributed by atoms with van der Waals surface area (Å²) in [5, 5.41) is 0. The van der Waals surface area contributed by atoms with Crippen molar-refractivity contribution in [3.63, 3.8) is 0 Å². The fourth-order valence-corrected chi connectivity index (χ4v) is 6.50. The summed E-state index contributed by atoms with van der Waals surface area (Å²) in [7, 11) is 0. The Kier molecular flexibility index (Phi) is 5.77. The van der Waals surface area contributed by atoms with Gasteiger partial charge in [-0.2, -0.15) is 0 Å². The lowest BCUT2D eigenvalue weighted by molar-refractivity contribution is -0.153. The number of esters is 4. The highest BCUT2D eigenvalue weighted by atomic mass is 16.6. The molecule has 0 aromatic rings. The molecule has 204 valence electrons. The van der Waals surface area contributed by atoms with E-state index < -0.39 is 34.7 Å². The molecule has 6 rings (SSSR count). The standard InChI is InChI=1S/C19H22O3.C13H12O4/c1-10-12-8-7-11(18(2,3)4)9-13(12)19(5,6)15-14(10)16(20)22-17(15)21;1-6-7-4-5-16-10(7)13(2,3)9-8(6)11(14)17-12(9)15/h7-9,13H,1-6H3;4-5,10H,1-3H3. The van der Waals surface area contributed by atoms with Crippen LogP contribution in [-0.2, 0) is 33.4 Å². The molecule has 0 saturated heterocycles. The van der Waals surface area contributed by atoms with Gasteiger partial charge in [-0.15, -0.1) is 0 Å². The smallest absolute Gasteiger partial charge is 0.346 e. The minimum absolute atomic E-state index is 0.0483. The van der Waals surface area contributed by atoms with Crippen molar-refractivity contribution in [2.24, 2.45) is 22.2 Å². The second-order valence-electron chi connectivity index (χ2n) is 13.0. The summed E-state index contributed by atoms with van der Waals surface area (Å²) < 4.78 is 15.1. The predicted molar refractivity (Wildman–Crippen MR) is 143 cm³/mol. The first-order chi connectivity index (χ1) is 18.0. The quantitative estimate of drug-likeness (QED) is 0.301. The molecule has 3 heterocycles. The van der Waals surface area contributed by atoms with E-state index in [-0.39, 0.29) is 17.4 Å². The van der Waals surface area contributed by atoms with Gasteiger partial charge in [0, 0.05) is 16.7 Å². The van der Waals surface area contributed by atoms with Crippen molar-refractivity contribution in [3.8, 4) is 0 Å². The molecule has 0 saturated carbocycles. The van der Waals surface area contributed by atoms with Crippen LogP contribution in [0.3, 0.4) is 0 Å². The van der Waals surface area contributed by atoms with Crippen molar-refractivity contribution in [1.82, 2.24) is 0 Å². The maximum atomic E-state index is 12.2. The molecule has 0 bridgehead atoms. The second kappa shape index (κ2) is 8.38. The van der Waals surface area contributed by atoms with Crippen LogP contribution in [0.4, 0.5) is 0 Å². The number of fused-ring (bicyclic) bond motifs is 2. The second-order valence-corrected chi connectivity index (χ2v) is 13.0. The number of cyclic esters (lactones) is 4. The Bertz CT molecular complexity index is 1490. The highest BCUT2D eigenvalue weighted by molar-refractivity contribution is 6.17. The summed E-state index contributed by atoms with van der Waals surface area (Å²) in [5.41, 5.74) is 5.90. The highest BCUT2D eigenvalue weighted by Crippen LogP contribution is 2.53. The molecule has 3 aliphatic carbocycles. The minimum Gasteiger partial charge on any atom is -0.492 e. The van der Waals surface area contributed by atoms with Gasteiger partial charge >= 0.3 is 23.9 Å². The van der Waals surface area contributed by atoms with E-state index in [0.717, 1.165) is 22.3 Å². The van der Waals surface area contributed by atoms with Crippen molar-refractivity contribution >= 4 is 23.9 Å². The third-order valence-corrected chi connectivity index (χ3v) is 8.76. The monoisotopic (exact) mass is 530 g/mol. The fraction of sp³-hybridized carbons (Fsp3) is 0.438. The Labute approximate surface area is 228 Å². The number of hydrogen-bond donors (Lipinski definition) is 0. The molecule has 7 heteroatoms. The fourth-order valence-electron chi connectivity index (χ4n) is 6.50. The van der Waals surface area contributed by atoms with E-state index in [1.807, 2.05) is 47.6 Å². The lowest BCUT2D eigenvalue weighted by atomic mass is 9.61. The zero-order valence-corrected chi connectivity index (χ0v) is 23.9. The minimum atomic E-state index is -0.545. The molecule has 0 radical (unpaired) electrons. The largest absolute Gasteiger partial charge is 0.492 e. The molecule has 0 aromatic heterocycles. The molecule has 3 aliphatic heterocycles. The first-order valence-corrected chi connectivity index (χ1v) is 13.2. The van der Waals surface area contributed by atoms with E-state index in [9.17, 15) is 19.2 Å². The SMILES string of the molecule is CC1=C2C=CC(C(C)(C)C)=CC2C(C)(C)C2=C1C(=O)OC2=O.CC1=C2C=COC2C(C)(C)C2=C1C(=O)OC2=O. The summed E-state index contributed by atoms with van der Waals surface area (Å²) in [6.07, 6.45) is 9.73. The van der Waals surface area contributed by atoms with Gasteiger partial charge in [-0.25, -0.2) is 19.2 Å². The average Bonchev–Trinajstić information content (AvgIpc) is 3.52. The van der Waals surface area contributed by atoms with Crippen LogP contribution in [-0.4, -0.2) is 30.0 Å². The van der Waals surface area contributed by atoms with Gasteiger partial charge in [-0.05, 0) is 53.2 Å². The number of rotatable bonds is 0. The summed E-state index contributed by atoms with van der Waals surface area (Å²) >= 11 is 0. The van der Waals surface area contributed by atoms with E-state index in [1.54, 1.807) is 6.26 Å². The normalized spacial score (nSPS) is 27.9. The molecular formula is C32H34O7. The molecule has 0 amide bonds. The Hall–Kier alpha value is -3.74. The number of hydrogen-bond acceptors (Lipinski definition) is 7. The van der Waals surface area contributed by atoms with Crippen molar-refractivity contribution in [1.29, 1.82) is 0 Å². The van der Waals surface area contributed by atoms with Crippen LogP contribution >= 0.6 is 0 Å². The molecule has 6 aliphatic rings. The molecule has 0 N–H and O–H groups in total. The lowest BCUT2D eigenvalue weighted by Crippen LogP contribution is -2.37. The first-order valence-electron chi connectivity index (χ1n) is 13.2. The summed E-state index contributed by atoms with van der Waals surface area (Å²) in [6.45, 7) is 18.1. The van der Waals surface area contributed by atoms with Crippen LogP contribution in [0.25, 0.3) is 0 Å². The maximum Gasteiger partial charge on any atom is 0.346 e. The van der Waals surface area contributed by atoms with Crippen LogP contribution in [0, 0.1) is 22.2 Å². The average molecular weight is 531 g/mol. The van der Waals surface area contributed by atoms with Gasteiger partial charge in [0.1, 0.15) is 6.10 Å². The van der Waals surface area contributed by atoms with Crippen molar-refractivity contribution in [2.45, 2.75) is 68.4 Å². The van der Waals surface area contributed by atoms with Crippen LogP contribution in [0.15, 0.2) is 80.7 Å². The Morgan fingerprint density at radius 3 is 1.74 bits per heavy atom. The zero-order valence-electron chi connectivity index (χ0n) is 23.9. The Morgan fingerprint density at radius 2 is 1.21 bits per heavy atom. The molecule has 39 heavy (non-hydrogen) atoms. The van der Waals surface area contributed by atoms with Crippen LogP contribution in [0.5, 0.6) is 0 Å². The van der Waals surface area contributed by atoms with E-state index in [2.05, 4.69) is 39.0 Å². The molecule has 0 fully saturated rings. The molecule has 0 spiro atoms. The van der Waals surface area contributed by atoms with Crippen LogP contribution in [0.2, 0.25) is 0 Å². The number of allylic oxidation sites excluding steroid dienone is 5. The van der Waals surface area contributed by atoms with Gasteiger partial charge in [0.25, 0.3) is 0 Å². The van der Waals surface area contributed by atoms with Gasteiger partial charge in [-0.1, -0.05) is 66.7 Å².